The fourth-order valence-corrected chi connectivity index (χ4v) is 2.23. The van der Waals surface area contributed by atoms with Crippen LogP contribution in [0.4, 0.5) is 0 Å². The van der Waals surface area contributed by atoms with Crippen molar-refractivity contribution in [2.45, 2.75) is 63.5 Å². The highest BCUT2D eigenvalue weighted by molar-refractivity contribution is 4.87. The van der Waals surface area contributed by atoms with E-state index >= 15 is 0 Å². The minimum absolute atomic E-state index is 0.0648. The molecule has 0 aromatic rings. The highest BCUT2D eigenvalue weighted by Crippen LogP contribution is 2.28. The summed E-state index contributed by atoms with van der Waals surface area (Å²) in [6.45, 7) is 1.83. The number of rotatable bonds is 2. The molecule has 1 rings (SSSR count). The Morgan fingerprint density at radius 1 is 1.25 bits per heavy atom. The van der Waals surface area contributed by atoms with Crippen molar-refractivity contribution < 1.29 is 5.11 Å². The monoisotopic (exact) mass is 171 g/mol. The number of hydrogen-bond acceptors (Lipinski definition) is 2. The number of nitrogens with two attached hydrogens (primary N) is 1. The van der Waals surface area contributed by atoms with Crippen LogP contribution in [0.25, 0.3) is 0 Å². The van der Waals surface area contributed by atoms with E-state index in [1.807, 2.05) is 6.92 Å². The van der Waals surface area contributed by atoms with Gasteiger partial charge >= 0.3 is 0 Å². The van der Waals surface area contributed by atoms with E-state index in [4.69, 9.17) is 5.73 Å². The zero-order valence-electron chi connectivity index (χ0n) is 8.05. The van der Waals surface area contributed by atoms with Crippen molar-refractivity contribution in [1.82, 2.24) is 0 Å². The third-order valence-corrected chi connectivity index (χ3v) is 2.80. The quantitative estimate of drug-likeness (QED) is 0.622. The Morgan fingerprint density at radius 2 is 1.75 bits per heavy atom. The molecule has 1 fully saturated rings. The molecule has 1 aliphatic carbocycles. The molecule has 0 amide bonds. The van der Waals surface area contributed by atoms with Gasteiger partial charge in [0.15, 0.2) is 0 Å². The second-order valence-electron chi connectivity index (χ2n) is 4.33. The largest absolute Gasteiger partial charge is 0.393 e. The first-order valence-corrected chi connectivity index (χ1v) is 5.09. The van der Waals surface area contributed by atoms with Crippen LogP contribution in [0.5, 0.6) is 0 Å². The minimum atomic E-state index is -0.243. The molecule has 2 nitrogen and oxygen atoms in total. The molecule has 1 aliphatic rings. The zero-order chi connectivity index (χ0) is 9.03. The molecule has 0 saturated heterocycles. The average molecular weight is 171 g/mol. The van der Waals surface area contributed by atoms with Gasteiger partial charge in [0.1, 0.15) is 0 Å². The molecule has 0 heterocycles. The first kappa shape index (κ1) is 10.0. The first-order chi connectivity index (χ1) is 5.62. The van der Waals surface area contributed by atoms with Gasteiger partial charge in [-0.3, -0.25) is 0 Å². The lowest BCUT2D eigenvalue weighted by molar-refractivity contribution is 0.141. The Bertz CT molecular complexity index is 126. The van der Waals surface area contributed by atoms with Crippen LogP contribution in [0.3, 0.4) is 0 Å². The summed E-state index contributed by atoms with van der Waals surface area (Å²) >= 11 is 0. The van der Waals surface area contributed by atoms with Crippen molar-refractivity contribution in [3.63, 3.8) is 0 Å². The molecule has 72 valence electrons. The molecule has 1 saturated carbocycles. The highest BCUT2D eigenvalue weighted by Gasteiger charge is 2.27. The van der Waals surface area contributed by atoms with Gasteiger partial charge in [0.2, 0.25) is 0 Å². The van der Waals surface area contributed by atoms with Gasteiger partial charge < -0.3 is 10.8 Å². The van der Waals surface area contributed by atoms with E-state index in [-0.39, 0.29) is 11.6 Å². The van der Waals surface area contributed by atoms with E-state index in [2.05, 4.69) is 0 Å². The molecule has 0 bridgehead atoms. The molecule has 0 spiro atoms. The molecule has 0 aliphatic heterocycles. The molecular formula is C10H21NO. The van der Waals surface area contributed by atoms with Gasteiger partial charge in [-0.25, -0.2) is 0 Å². The molecule has 2 heteroatoms. The van der Waals surface area contributed by atoms with Gasteiger partial charge in [0.25, 0.3) is 0 Å². The molecular weight excluding hydrogens is 150 g/mol. The molecule has 1 atom stereocenters. The zero-order valence-corrected chi connectivity index (χ0v) is 8.05. The smallest absolute Gasteiger partial charge is 0.0529 e. The second kappa shape index (κ2) is 4.24. The minimum Gasteiger partial charge on any atom is -0.393 e. The standard InChI is InChI=1S/C10H21NO/c1-9(12)8-10(11)6-4-2-3-5-7-10/h9,12H,2-8,11H2,1H3. The summed E-state index contributed by atoms with van der Waals surface area (Å²) in [5, 5.41) is 9.28. The van der Waals surface area contributed by atoms with E-state index < -0.39 is 0 Å². The number of aliphatic hydroxyl groups is 1. The molecule has 0 aromatic heterocycles. The van der Waals surface area contributed by atoms with E-state index in [1.54, 1.807) is 0 Å². The van der Waals surface area contributed by atoms with Crippen molar-refractivity contribution in [3.8, 4) is 0 Å². The van der Waals surface area contributed by atoms with Crippen molar-refractivity contribution in [2.24, 2.45) is 5.73 Å². The summed E-state index contributed by atoms with van der Waals surface area (Å²) < 4.78 is 0. The molecule has 0 aromatic carbocycles. The van der Waals surface area contributed by atoms with Crippen LogP contribution in [0.2, 0.25) is 0 Å². The Kier molecular flexibility index (Phi) is 3.53. The molecule has 0 radical (unpaired) electrons. The van der Waals surface area contributed by atoms with Crippen LogP contribution < -0.4 is 5.73 Å². The summed E-state index contributed by atoms with van der Waals surface area (Å²) in [6, 6.07) is 0. The van der Waals surface area contributed by atoms with Crippen LogP contribution in [-0.2, 0) is 0 Å². The second-order valence-corrected chi connectivity index (χ2v) is 4.33. The first-order valence-electron chi connectivity index (χ1n) is 5.09. The topological polar surface area (TPSA) is 46.2 Å². The van der Waals surface area contributed by atoms with Crippen molar-refractivity contribution in [2.75, 3.05) is 0 Å². The lowest BCUT2D eigenvalue weighted by atomic mass is 9.86. The van der Waals surface area contributed by atoms with Crippen LogP contribution in [0.15, 0.2) is 0 Å². The molecule has 12 heavy (non-hydrogen) atoms. The fourth-order valence-electron chi connectivity index (χ4n) is 2.23. The van der Waals surface area contributed by atoms with Crippen molar-refractivity contribution >= 4 is 0 Å². The van der Waals surface area contributed by atoms with Crippen LogP contribution in [0.1, 0.15) is 51.9 Å². The normalized spacial score (nSPS) is 26.2. The van der Waals surface area contributed by atoms with Gasteiger partial charge in [-0.15, -0.1) is 0 Å². The van der Waals surface area contributed by atoms with Gasteiger partial charge in [-0.05, 0) is 26.2 Å². The predicted octanol–water partition coefficient (Wildman–Crippen LogP) is 1.81. The summed E-state index contributed by atoms with van der Waals surface area (Å²) in [4.78, 5) is 0. The summed E-state index contributed by atoms with van der Waals surface area (Å²) in [5.41, 5.74) is 6.14. The SMILES string of the molecule is CC(O)CC1(N)CCCCCC1. The van der Waals surface area contributed by atoms with Gasteiger partial charge in [0, 0.05) is 5.54 Å². The van der Waals surface area contributed by atoms with Crippen molar-refractivity contribution in [1.29, 1.82) is 0 Å². The average Bonchev–Trinajstić information content (AvgIpc) is 2.12. The maximum absolute atomic E-state index is 9.28. The third kappa shape index (κ3) is 3.11. The summed E-state index contributed by atoms with van der Waals surface area (Å²) in [7, 11) is 0. The van der Waals surface area contributed by atoms with Gasteiger partial charge in [-0.1, -0.05) is 25.7 Å². The van der Waals surface area contributed by atoms with E-state index in [0.29, 0.717) is 0 Å². The Morgan fingerprint density at radius 3 is 2.17 bits per heavy atom. The van der Waals surface area contributed by atoms with Gasteiger partial charge in [0.05, 0.1) is 6.10 Å². The molecule has 1 unspecified atom stereocenters. The lowest BCUT2D eigenvalue weighted by Gasteiger charge is -2.29. The highest BCUT2D eigenvalue weighted by atomic mass is 16.3. The van der Waals surface area contributed by atoms with Crippen LogP contribution in [-0.4, -0.2) is 16.7 Å². The van der Waals surface area contributed by atoms with E-state index in [9.17, 15) is 5.11 Å². The van der Waals surface area contributed by atoms with Crippen LogP contribution >= 0.6 is 0 Å². The summed E-state index contributed by atoms with van der Waals surface area (Å²) in [5.74, 6) is 0. The number of hydrogen-bond donors (Lipinski definition) is 2. The lowest BCUT2D eigenvalue weighted by Crippen LogP contribution is -2.41. The Hall–Kier alpha value is -0.0800. The predicted molar refractivity (Wildman–Crippen MR) is 50.9 cm³/mol. The third-order valence-electron chi connectivity index (χ3n) is 2.80. The van der Waals surface area contributed by atoms with Gasteiger partial charge in [-0.2, -0.15) is 0 Å². The number of aliphatic hydroxyl groups excluding tert-OH is 1. The summed E-state index contributed by atoms with van der Waals surface area (Å²) in [6.07, 6.45) is 7.83. The maximum atomic E-state index is 9.28. The van der Waals surface area contributed by atoms with Crippen LogP contribution in [0, 0.1) is 0 Å². The van der Waals surface area contributed by atoms with E-state index in [0.717, 1.165) is 19.3 Å². The molecule has 3 N–H and O–H groups in total. The Balaban J connectivity index is 2.42. The van der Waals surface area contributed by atoms with Crippen molar-refractivity contribution in [3.05, 3.63) is 0 Å². The Labute approximate surface area is 75.2 Å². The maximum Gasteiger partial charge on any atom is 0.0529 e. The van der Waals surface area contributed by atoms with E-state index in [1.165, 1.54) is 25.7 Å². The fraction of sp³-hybridized carbons (Fsp3) is 1.00.